The zero-order chi connectivity index (χ0) is 14.0. The number of hydrogen-bond donors (Lipinski definition) is 0. The fourth-order valence-corrected chi connectivity index (χ4v) is 2.11. The van der Waals surface area contributed by atoms with Crippen LogP contribution in [0.4, 0.5) is 4.39 Å². The van der Waals surface area contributed by atoms with Crippen LogP contribution < -0.4 is 4.74 Å². The van der Waals surface area contributed by atoms with E-state index in [1.54, 1.807) is 18.2 Å². The lowest BCUT2D eigenvalue weighted by atomic mass is 10.0. The van der Waals surface area contributed by atoms with Crippen molar-refractivity contribution in [2.45, 2.75) is 0 Å². The van der Waals surface area contributed by atoms with Gasteiger partial charge in [0.05, 0.1) is 12.1 Å². The number of rotatable bonds is 3. The molecule has 0 saturated heterocycles. The molecule has 0 saturated carbocycles. The molecule has 0 radical (unpaired) electrons. The average Bonchev–Trinajstić information content (AvgIpc) is 2.41. The maximum absolute atomic E-state index is 13.6. The molecule has 0 unspecified atom stereocenters. The van der Waals surface area contributed by atoms with E-state index < -0.39 is 5.82 Å². The van der Waals surface area contributed by atoms with E-state index in [1.165, 1.54) is 19.2 Å². The molecule has 5 heteroatoms. The second-order valence-corrected chi connectivity index (χ2v) is 5.07. The van der Waals surface area contributed by atoms with Gasteiger partial charge < -0.3 is 4.74 Å². The van der Waals surface area contributed by atoms with E-state index in [9.17, 15) is 9.18 Å². The quantitative estimate of drug-likeness (QED) is 0.768. The molecule has 0 spiro atoms. The molecule has 2 aromatic rings. The van der Waals surface area contributed by atoms with Gasteiger partial charge >= 0.3 is 0 Å². The van der Waals surface area contributed by atoms with Crippen LogP contribution in [0, 0.1) is 5.82 Å². The summed E-state index contributed by atoms with van der Waals surface area (Å²) in [5, 5.41) is 0.512. The van der Waals surface area contributed by atoms with Gasteiger partial charge in [0.25, 0.3) is 0 Å². The third kappa shape index (κ3) is 2.96. The van der Waals surface area contributed by atoms with Crippen LogP contribution in [0.2, 0.25) is 5.02 Å². The summed E-state index contributed by atoms with van der Waals surface area (Å²) < 4.78 is 19.0. The van der Waals surface area contributed by atoms with E-state index in [0.717, 1.165) is 6.07 Å². The fourth-order valence-electron chi connectivity index (χ4n) is 1.61. The van der Waals surface area contributed by atoms with Gasteiger partial charge in [-0.05, 0) is 52.3 Å². The molecule has 0 amide bonds. The fraction of sp³-hybridized carbons (Fsp3) is 0.0714. The molecule has 2 rings (SSSR count). The van der Waals surface area contributed by atoms with Gasteiger partial charge in [-0.15, -0.1) is 0 Å². The lowest BCUT2D eigenvalue weighted by Gasteiger charge is -2.05. The summed E-state index contributed by atoms with van der Waals surface area (Å²) in [5.41, 5.74) is 0.688. The van der Waals surface area contributed by atoms with Crippen LogP contribution in [0.15, 0.2) is 40.9 Å². The molecule has 0 aliphatic heterocycles. The minimum Gasteiger partial charge on any atom is -0.494 e. The summed E-state index contributed by atoms with van der Waals surface area (Å²) in [6.45, 7) is 0. The number of carbonyl (C=O) groups is 1. The number of ether oxygens (including phenoxy) is 1. The van der Waals surface area contributed by atoms with Gasteiger partial charge in [0.2, 0.25) is 0 Å². The van der Waals surface area contributed by atoms with Crippen LogP contribution in [0.5, 0.6) is 5.75 Å². The molecule has 0 aromatic heterocycles. The Morgan fingerprint density at radius 3 is 2.42 bits per heavy atom. The van der Waals surface area contributed by atoms with Crippen molar-refractivity contribution in [2.24, 2.45) is 0 Å². The molecule has 0 aliphatic rings. The topological polar surface area (TPSA) is 26.3 Å². The molecule has 0 atom stereocenters. The van der Waals surface area contributed by atoms with Gasteiger partial charge in [0.15, 0.2) is 17.3 Å². The van der Waals surface area contributed by atoms with Crippen molar-refractivity contribution in [1.29, 1.82) is 0 Å². The van der Waals surface area contributed by atoms with Gasteiger partial charge in [0, 0.05) is 15.6 Å². The largest absolute Gasteiger partial charge is 0.494 e. The molecule has 2 nitrogen and oxygen atoms in total. The molecule has 0 fully saturated rings. The Bertz CT molecular complexity index is 643. The molecule has 0 heterocycles. The summed E-state index contributed by atoms with van der Waals surface area (Å²) in [6, 6.07) is 8.91. The summed E-state index contributed by atoms with van der Waals surface area (Å²) in [4.78, 5) is 12.2. The smallest absolute Gasteiger partial charge is 0.193 e. The van der Waals surface area contributed by atoms with E-state index >= 15 is 0 Å². The normalized spacial score (nSPS) is 10.3. The van der Waals surface area contributed by atoms with Gasteiger partial charge in [-0.2, -0.15) is 0 Å². The first-order valence-corrected chi connectivity index (χ1v) is 6.53. The highest BCUT2D eigenvalue weighted by molar-refractivity contribution is 9.10. The molecular formula is C14H9BrClFO2. The molecule has 98 valence electrons. The summed E-state index contributed by atoms with van der Waals surface area (Å²) in [6.07, 6.45) is 0. The van der Waals surface area contributed by atoms with Gasteiger partial charge in [-0.25, -0.2) is 4.39 Å². The second kappa shape index (κ2) is 5.72. The van der Waals surface area contributed by atoms with E-state index in [2.05, 4.69) is 15.9 Å². The Morgan fingerprint density at radius 1 is 1.21 bits per heavy atom. The van der Waals surface area contributed by atoms with Crippen LogP contribution in [-0.2, 0) is 0 Å². The van der Waals surface area contributed by atoms with Crippen molar-refractivity contribution < 1.29 is 13.9 Å². The van der Waals surface area contributed by atoms with E-state index in [0.29, 0.717) is 15.1 Å². The van der Waals surface area contributed by atoms with Crippen LogP contribution in [0.1, 0.15) is 15.9 Å². The summed E-state index contributed by atoms with van der Waals surface area (Å²) >= 11 is 9.11. The Hall–Kier alpha value is -1.39. The Morgan fingerprint density at radius 2 is 1.84 bits per heavy atom. The van der Waals surface area contributed by atoms with Crippen molar-refractivity contribution in [2.75, 3.05) is 7.11 Å². The molecule has 19 heavy (non-hydrogen) atoms. The maximum atomic E-state index is 13.6. The number of halogens is 3. The number of carbonyl (C=O) groups excluding carboxylic acids is 1. The molecule has 0 bridgehead atoms. The molecular weight excluding hydrogens is 335 g/mol. The monoisotopic (exact) mass is 342 g/mol. The van der Waals surface area contributed by atoms with Crippen LogP contribution in [0.3, 0.4) is 0 Å². The molecule has 2 aromatic carbocycles. The third-order valence-corrected chi connectivity index (χ3v) is 3.81. The highest BCUT2D eigenvalue weighted by atomic mass is 79.9. The Kier molecular flexibility index (Phi) is 4.22. The predicted octanol–water partition coefficient (Wildman–Crippen LogP) is 4.48. The first-order valence-electron chi connectivity index (χ1n) is 5.36. The first kappa shape index (κ1) is 14.0. The third-order valence-electron chi connectivity index (χ3n) is 2.60. The minimum absolute atomic E-state index is 0.105. The van der Waals surface area contributed by atoms with Crippen LogP contribution in [-0.4, -0.2) is 12.9 Å². The van der Waals surface area contributed by atoms with Gasteiger partial charge in [-0.3, -0.25) is 4.79 Å². The van der Waals surface area contributed by atoms with Crippen molar-refractivity contribution in [3.63, 3.8) is 0 Å². The van der Waals surface area contributed by atoms with Crippen molar-refractivity contribution in [1.82, 2.24) is 0 Å². The average molecular weight is 344 g/mol. The van der Waals surface area contributed by atoms with Crippen LogP contribution >= 0.6 is 27.5 Å². The lowest BCUT2D eigenvalue weighted by molar-refractivity contribution is 0.103. The van der Waals surface area contributed by atoms with Crippen LogP contribution in [0.25, 0.3) is 0 Å². The number of hydrogen-bond acceptors (Lipinski definition) is 2. The van der Waals surface area contributed by atoms with Crippen molar-refractivity contribution >= 4 is 33.3 Å². The first-order chi connectivity index (χ1) is 9.02. The molecule has 0 aliphatic carbocycles. The lowest BCUT2D eigenvalue weighted by Crippen LogP contribution is -2.02. The molecule has 0 N–H and O–H groups in total. The number of benzene rings is 2. The predicted molar refractivity (Wildman–Crippen MR) is 75.5 cm³/mol. The Labute approximate surface area is 123 Å². The van der Waals surface area contributed by atoms with E-state index in [-0.39, 0.29) is 17.1 Å². The minimum atomic E-state index is -0.568. The summed E-state index contributed by atoms with van der Waals surface area (Å²) in [7, 11) is 1.37. The summed E-state index contributed by atoms with van der Waals surface area (Å²) in [5.74, 6) is -0.742. The van der Waals surface area contributed by atoms with Gasteiger partial charge in [0.1, 0.15) is 0 Å². The number of ketones is 1. The standard InChI is InChI=1S/C14H9BrClFO2/c1-19-13-5-3-9(7-12(13)17)14(18)8-2-4-11(16)10(15)6-8/h2-7H,1H3. The van der Waals surface area contributed by atoms with E-state index in [4.69, 9.17) is 16.3 Å². The van der Waals surface area contributed by atoms with Crippen molar-refractivity contribution in [3.8, 4) is 5.75 Å². The van der Waals surface area contributed by atoms with E-state index in [1.807, 2.05) is 0 Å². The Balaban J connectivity index is 2.38. The van der Waals surface area contributed by atoms with Gasteiger partial charge in [-0.1, -0.05) is 11.6 Å². The zero-order valence-corrected chi connectivity index (χ0v) is 12.3. The zero-order valence-electron chi connectivity index (χ0n) is 9.91. The second-order valence-electron chi connectivity index (χ2n) is 3.81. The van der Waals surface area contributed by atoms with Crippen molar-refractivity contribution in [3.05, 3.63) is 62.8 Å². The highest BCUT2D eigenvalue weighted by Gasteiger charge is 2.13. The maximum Gasteiger partial charge on any atom is 0.193 e. The highest BCUT2D eigenvalue weighted by Crippen LogP contribution is 2.25. The SMILES string of the molecule is COc1ccc(C(=O)c2ccc(Cl)c(Br)c2)cc1F. The number of methoxy groups -OCH3 is 1.